The number of carbonyl (C=O) groups is 1. The monoisotopic (exact) mass is 687 g/mol. The molecule has 10 heteroatoms. The second-order valence-corrected chi connectivity index (χ2v) is 17.7. The number of esters is 1. The highest BCUT2D eigenvalue weighted by Gasteiger charge is 2.53. The maximum Gasteiger partial charge on any atom is 0.338 e. The van der Waals surface area contributed by atoms with Crippen molar-refractivity contribution in [2.45, 2.75) is 63.1 Å². The van der Waals surface area contributed by atoms with Gasteiger partial charge < -0.3 is 23.7 Å². The number of aliphatic hydroxyl groups is 1. The van der Waals surface area contributed by atoms with E-state index in [1.54, 1.807) is 30.3 Å². The quantitative estimate of drug-likeness (QED) is 0.0529. The van der Waals surface area contributed by atoms with Crippen molar-refractivity contribution in [2.24, 2.45) is 5.11 Å². The average molecular weight is 688 g/mol. The maximum atomic E-state index is 13.4. The van der Waals surface area contributed by atoms with Gasteiger partial charge in [0, 0.05) is 4.91 Å². The molecular formula is C40H41N3O6Si. The van der Waals surface area contributed by atoms with Crippen LogP contribution in [0.2, 0.25) is 5.04 Å². The lowest BCUT2D eigenvalue weighted by Gasteiger charge is -2.46. The van der Waals surface area contributed by atoms with E-state index >= 15 is 0 Å². The lowest BCUT2D eigenvalue weighted by Crippen LogP contribution is -2.68. The first-order valence-electron chi connectivity index (χ1n) is 16.7. The lowest BCUT2D eigenvalue weighted by atomic mass is 9.97. The van der Waals surface area contributed by atoms with Gasteiger partial charge in [-0.15, -0.1) is 0 Å². The first-order chi connectivity index (χ1) is 24.2. The highest BCUT2D eigenvalue weighted by atomic mass is 28.4. The molecule has 1 fully saturated rings. The minimum atomic E-state index is -3.04. The second kappa shape index (κ2) is 15.4. The standard InChI is InChI=1S/C40H41N3O6Si/c1-40(2,3)50(32-19-9-5-10-20-32,33-21-11-6-12-22-33)47-27-34-36(44)37(49-38(45)30-16-7-4-8-17-30)35(42-43-41)39(48-34)46-26-28-23-24-29-15-13-14-18-31(29)25-28/h4-25,34-37,39,44H,26-27H2,1-3H3/t34-,35-,36-,37-,39-/m1/s1. The molecular weight excluding hydrogens is 647 g/mol. The molecule has 1 N–H and O–H groups in total. The zero-order valence-electron chi connectivity index (χ0n) is 28.3. The summed E-state index contributed by atoms with van der Waals surface area (Å²) in [4.78, 5) is 16.4. The van der Waals surface area contributed by atoms with Crippen molar-refractivity contribution in [1.29, 1.82) is 0 Å². The molecule has 9 nitrogen and oxygen atoms in total. The van der Waals surface area contributed by atoms with Gasteiger partial charge in [-0.25, -0.2) is 4.79 Å². The Bertz CT molecular complexity index is 1890. The molecule has 50 heavy (non-hydrogen) atoms. The number of hydrogen-bond acceptors (Lipinski definition) is 7. The highest BCUT2D eigenvalue weighted by Crippen LogP contribution is 2.38. The van der Waals surface area contributed by atoms with Crippen LogP contribution in [0.4, 0.5) is 0 Å². The number of azide groups is 1. The van der Waals surface area contributed by atoms with Gasteiger partial charge >= 0.3 is 5.97 Å². The van der Waals surface area contributed by atoms with E-state index in [2.05, 4.69) is 55.1 Å². The molecule has 1 saturated heterocycles. The predicted molar refractivity (Wildman–Crippen MR) is 196 cm³/mol. The van der Waals surface area contributed by atoms with Gasteiger partial charge in [-0.05, 0) is 55.5 Å². The van der Waals surface area contributed by atoms with E-state index in [1.807, 2.05) is 78.9 Å². The van der Waals surface area contributed by atoms with Crippen LogP contribution in [0, 0.1) is 0 Å². The molecule has 6 rings (SSSR count). The smallest absolute Gasteiger partial charge is 0.338 e. The van der Waals surface area contributed by atoms with Crippen molar-refractivity contribution in [1.82, 2.24) is 0 Å². The summed E-state index contributed by atoms with van der Waals surface area (Å²) < 4.78 is 25.8. The SMILES string of the molecule is CC(C)(C)[Si](OC[C@H]1O[C@@H](OCc2ccc3ccccc3c2)[C@H](N=[N+]=[N-])[C@@H](OC(=O)c2ccccc2)[C@@H]1O)(c1ccccc1)c1ccccc1. The Morgan fingerprint density at radius 2 is 1.42 bits per heavy atom. The van der Waals surface area contributed by atoms with Gasteiger partial charge in [-0.3, -0.25) is 0 Å². The van der Waals surface area contributed by atoms with Gasteiger partial charge in [0.2, 0.25) is 0 Å². The number of benzene rings is 5. The summed E-state index contributed by atoms with van der Waals surface area (Å²) in [6.45, 7) is 6.55. The third-order valence-electron chi connectivity index (χ3n) is 9.19. The largest absolute Gasteiger partial charge is 0.455 e. The normalized spacial score (nSPS) is 20.9. The van der Waals surface area contributed by atoms with E-state index in [9.17, 15) is 15.4 Å². The molecule has 0 radical (unpaired) electrons. The fourth-order valence-electron chi connectivity index (χ4n) is 6.74. The molecule has 0 saturated carbocycles. The Labute approximate surface area is 293 Å². The fraction of sp³-hybridized carbons (Fsp3) is 0.275. The zero-order chi connectivity index (χ0) is 35.1. The van der Waals surface area contributed by atoms with Gasteiger partial charge in [0.25, 0.3) is 8.32 Å². The Balaban J connectivity index is 1.35. The number of fused-ring (bicyclic) bond motifs is 1. The van der Waals surface area contributed by atoms with Gasteiger partial charge in [0.05, 0.1) is 18.8 Å². The molecule has 256 valence electrons. The Morgan fingerprint density at radius 1 is 0.840 bits per heavy atom. The van der Waals surface area contributed by atoms with Gasteiger partial charge in [-0.2, -0.15) is 0 Å². The number of aliphatic hydroxyl groups excluding tert-OH is 1. The highest BCUT2D eigenvalue weighted by molar-refractivity contribution is 6.99. The third kappa shape index (κ3) is 7.36. The first-order valence-corrected chi connectivity index (χ1v) is 18.6. The molecule has 0 spiro atoms. The average Bonchev–Trinajstić information content (AvgIpc) is 3.14. The second-order valence-electron chi connectivity index (χ2n) is 13.4. The van der Waals surface area contributed by atoms with Gasteiger partial charge in [0.1, 0.15) is 24.4 Å². The molecule has 1 heterocycles. The summed E-state index contributed by atoms with van der Waals surface area (Å²) in [5.41, 5.74) is 10.8. The Kier molecular flexibility index (Phi) is 10.8. The van der Waals surface area contributed by atoms with Crippen molar-refractivity contribution in [2.75, 3.05) is 6.61 Å². The van der Waals surface area contributed by atoms with E-state index in [4.69, 9.17) is 18.6 Å². The number of carbonyl (C=O) groups excluding carboxylic acids is 1. The first kappa shape index (κ1) is 35.0. The van der Waals surface area contributed by atoms with Crippen molar-refractivity contribution in [3.05, 3.63) is 155 Å². The summed E-state index contributed by atoms with van der Waals surface area (Å²) in [6.07, 6.45) is -4.86. The molecule has 0 aromatic heterocycles. The summed E-state index contributed by atoms with van der Waals surface area (Å²) in [7, 11) is -3.04. The summed E-state index contributed by atoms with van der Waals surface area (Å²) in [5, 5.41) is 19.7. The van der Waals surface area contributed by atoms with Crippen molar-refractivity contribution in [3.63, 3.8) is 0 Å². The van der Waals surface area contributed by atoms with Crippen LogP contribution >= 0.6 is 0 Å². The van der Waals surface area contributed by atoms with Crippen LogP contribution in [-0.4, -0.2) is 56.6 Å². The van der Waals surface area contributed by atoms with Crippen LogP contribution in [0.1, 0.15) is 36.7 Å². The molecule has 5 atom stereocenters. The predicted octanol–water partition coefficient (Wildman–Crippen LogP) is 6.92. The molecule has 0 aliphatic carbocycles. The summed E-state index contributed by atoms with van der Waals surface area (Å²) >= 11 is 0. The van der Waals surface area contributed by atoms with E-state index in [0.29, 0.717) is 5.56 Å². The van der Waals surface area contributed by atoms with Crippen molar-refractivity contribution >= 4 is 35.4 Å². The van der Waals surface area contributed by atoms with E-state index < -0.39 is 44.9 Å². The lowest BCUT2D eigenvalue weighted by molar-refractivity contribution is -0.267. The zero-order valence-corrected chi connectivity index (χ0v) is 29.3. The van der Waals surface area contributed by atoms with Crippen LogP contribution in [-0.2, 0) is 25.2 Å². The molecule has 0 amide bonds. The summed E-state index contributed by atoms with van der Waals surface area (Å²) in [5.74, 6) is -0.672. The molecule has 5 aromatic rings. The summed E-state index contributed by atoms with van der Waals surface area (Å²) in [6, 6.07) is 41.6. The number of ether oxygens (including phenoxy) is 3. The van der Waals surface area contributed by atoms with Gasteiger partial charge in [0.15, 0.2) is 6.29 Å². The van der Waals surface area contributed by atoms with Gasteiger partial charge in [-0.1, -0.05) is 141 Å². The van der Waals surface area contributed by atoms with Crippen molar-refractivity contribution in [3.8, 4) is 0 Å². The number of nitrogens with zero attached hydrogens (tertiary/aromatic N) is 3. The Morgan fingerprint density at radius 3 is 2.02 bits per heavy atom. The molecule has 1 aliphatic rings. The van der Waals surface area contributed by atoms with E-state index in [-0.39, 0.29) is 18.3 Å². The van der Waals surface area contributed by atoms with Crippen LogP contribution in [0.15, 0.2) is 139 Å². The van der Waals surface area contributed by atoms with Crippen LogP contribution < -0.4 is 10.4 Å². The number of hydrogen-bond donors (Lipinski definition) is 1. The van der Waals surface area contributed by atoms with Crippen LogP contribution in [0.3, 0.4) is 0 Å². The third-order valence-corrected chi connectivity index (χ3v) is 14.2. The number of rotatable bonds is 11. The van der Waals surface area contributed by atoms with Crippen LogP contribution in [0.25, 0.3) is 21.2 Å². The Hall–Kier alpha value is -4.80. The fourth-order valence-corrected chi connectivity index (χ4v) is 11.3. The minimum absolute atomic E-state index is 0.0490. The molecule has 1 aliphatic heterocycles. The topological polar surface area (TPSA) is 123 Å². The van der Waals surface area contributed by atoms with E-state index in [1.165, 1.54) is 0 Å². The molecule has 0 unspecified atom stereocenters. The molecule has 5 aromatic carbocycles. The molecule has 0 bridgehead atoms. The van der Waals surface area contributed by atoms with Crippen molar-refractivity contribution < 1.29 is 28.5 Å². The van der Waals surface area contributed by atoms with E-state index in [0.717, 1.165) is 26.7 Å². The minimum Gasteiger partial charge on any atom is -0.455 e. The van der Waals surface area contributed by atoms with Crippen LogP contribution in [0.5, 0.6) is 0 Å². The maximum absolute atomic E-state index is 13.4.